The second kappa shape index (κ2) is 9.51. The van der Waals surface area contributed by atoms with E-state index in [9.17, 15) is 4.79 Å². The van der Waals surface area contributed by atoms with Crippen molar-refractivity contribution in [1.82, 2.24) is 5.32 Å². The highest BCUT2D eigenvalue weighted by molar-refractivity contribution is 9.10. The van der Waals surface area contributed by atoms with E-state index in [0.717, 1.165) is 27.0 Å². The van der Waals surface area contributed by atoms with Crippen LogP contribution in [-0.4, -0.2) is 11.1 Å². The van der Waals surface area contributed by atoms with Crippen molar-refractivity contribution in [1.29, 1.82) is 0 Å². The second-order valence-corrected chi connectivity index (χ2v) is 8.74. The summed E-state index contributed by atoms with van der Waals surface area (Å²) in [5, 5.41) is 4.07. The Bertz CT molecular complexity index is 1130. The Labute approximate surface area is 192 Å². The molecule has 1 N–H and O–H groups in total. The van der Waals surface area contributed by atoms with Crippen LogP contribution >= 0.6 is 39.3 Å². The summed E-state index contributed by atoms with van der Waals surface area (Å²) in [5.74, 6) is 0.566. The van der Waals surface area contributed by atoms with Crippen molar-refractivity contribution in [2.75, 3.05) is 0 Å². The fourth-order valence-electron chi connectivity index (χ4n) is 2.72. The van der Waals surface area contributed by atoms with Crippen molar-refractivity contribution in [2.45, 2.75) is 6.61 Å². The molecule has 1 heterocycles. The molecule has 1 fully saturated rings. The van der Waals surface area contributed by atoms with Crippen LogP contribution in [0.3, 0.4) is 0 Å². The zero-order chi connectivity index (χ0) is 20.9. The van der Waals surface area contributed by atoms with Gasteiger partial charge in [-0.2, -0.15) is 0 Å². The molecule has 150 valence electrons. The molecule has 0 atom stereocenters. The average molecular weight is 500 g/mol. The maximum Gasteiger partial charge on any atom is 0.264 e. The normalized spacial score (nSPS) is 16.1. The molecule has 0 aromatic heterocycles. The number of rotatable bonds is 5. The molecule has 0 bridgehead atoms. The largest absolute Gasteiger partial charge is 0.488 e. The first kappa shape index (κ1) is 20.7. The summed E-state index contributed by atoms with van der Waals surface area (Å²) in [6, 6.07) is 22.8. The average Bonchev–Trinajstić information content (AvgIpc) is 3.08. The van der Waals surface area contributed by atoms with Gasteiger partial charge in [0.1, 0.15) is 12.4 Å². The van der Waals surface area contributed by atoms with Crippen molar-refractivity contribution in [3.63, 3.8) is 0 Å². The first-order chi connectivity index (χ1) is 14.6. The van der Waals surface area contributed by atoms with Gasteiger partial charge in [0, 0.05) is 5.02 Å². The maximum absolute atomic E-state index is 12.3. The number of para-hydroxylation sites is 1. The Hall–Kier alpha value is -2.54. The number of amidine groups is 1. The standard InChI is InChI=1S/C23H16BrClN2O2S/c24-19-12-16(8-11-20(19)29-14-15-6-9-17(25)10-7-15)13-21-22(28)27-23(30-21)26-18-4-2-1-3-5-18/h1-13H,14H2,(H,26,27,28)/b21-13+. The molecule has 1 amide bonds. The van der Waals surface area contributed by atoms with Crippen LogP contribution in [0.4, 0.5) is 5.69 Å². The zero-order valence-corrected chi connectivity index (χ0v) is 18.8. The summed E-state index contributed by atoms with van der Waals surface area (Å²) in [4.78, 5) is 17.3. The highest BCUT2D eigenvalue weighted by Gasteiger charge is 2.23. The molecule has 30 heavy (non-hydrogen) atoms. The fourth-order valence-corrected chi connectivity index (χ4v) is 4.20. The first-order valence-corrected chi connectivity index (χ1v) is 11.1. The lowest BCUT2D eigenvalue weighted by Gasteiger charge is -2.09. The summed E-state index contributed by atoms with van der Waals surface area (Å²) in [6.45, 7) is 0.438. The molecule has 3 aromatic carbocycles. The topological polar surface area (TPSA) is 50.7 Å². The van der Waals surface area contributed by atoms with E-state index in [1.54, 1.807) is 0 Å². The summed E-state index contributed by atoms with van der Waals surface area (Å²) in [6.07, 6.45) is 1.83. The third-order valence-electron chi connectivity index (χ3n) is 4.20. The number of halogens is 2. The number of nitrogens with one attached hydrogen (secondary N) is 1. The number of carbonyl (C=O) groups is 1. The summed E-state index contributed by atoms with van der Waals surface area (Å²) >= 11 is 10.8. The SMILES string of the molecule is O=C1NC(=Nc2ccccc2)S/C1=C/c1ccc(OCc2ccc(Cl)cc2)c(Br)c1. The minimum absolute atomic E-state index is 0.158. The van der Waals surface area contributed by atoms with E-state index in [-0.39, 0.29) is 5.91 Å². The lowest BCUT2D eigenvalue weighted by molar-refractivity contribution is -0.115. The zero-order valence-electron chi connectivity index (χ0n) is 15.6. The van der Waals surface area contributed by atoms with Gasteiger partial charge >= 0.3 is 0 Å². The van der Waals surface area contributed by atoms with E-state index in [4.69, 9.17) is 16.3 Å². The van der Waals surface area contributed by atoms with Crippen molar-refractivity contribution < 1.29 is 9.53 Å². The number of hydrogen-bond acceptors (Lipinski definition) is 4. The van der Waals surface area contributed by atoms with Crippen LogP contribution in [0, 0.1) is 0 Å². The number of carbonyl (C=O) groups excluding carboxylic acids is 1. The second-order valence-electron chi connectivity index (χ2n) is 6.42. The number of ether oxygens (including phenoxy) is 1. The van der Waals surface area contributed by atoms with Gasteiger partial charge in [-0.1, -0.05) is 48.0 Å². The molecule has 0 unspecified atom stereocenters. The smallest absolute Gasteiger partial charge is 0.264 e. The van der Waals surface area contributed by atoms with Crippen molar-refractivity contribution in [3.05, 3.63) is 98.3 Å². The van der Waals surface area contributed by atoms with E-state index in [1.807, 2.05) is 78.9 Å². The third kappa shape index (κ3) is 5.33. The lowest BCUT2D eigenvalue weighted by atomic mass is 10.2. The molecule has 7 heteroatoms. The number of amides is 1. The molecule has 0 spiro atoms. The number of hydrogen-bond donors (Lipinski definition) is 1. The van der Waals surface area contributed by atoms with Crippen LogP contribution in [0.1, 0.15) is 11.1 Å². The summed E-state index contributed by atoms with van der Waals surface area (Å²) < 4.78 is 6.69. The van der Waals surface area contributed by atoms with Crippen LogP contribution in [0.2, 0.25) is 5.02 Å². The summed E-state index contributed by atoms with van der Waals surface area (Å²) in [7, 11) is 0. The van der Waals surface area contributed by atoms with Gasteiger partial charge in [-0.15, -0.1) is 0 Å². The van der Waals surface area contributed by atoms with E-state index < -0.39 is 0 Å². The molecule has 1 aliphatic heterocycles. The highest BCUT2D eigenvalue weighted by Crippen LogP contribution is 2.31. The van der Waals surface area contributed by atoms with Gasteiger partial charge in [-0.3, -0.25) is 4.79 Å². The lowest BCUT2D eigenvalue weighted by Crippen LogP contribution is -2.19. The van der Waals surface area contributed by atoms with E-state index in [2.05, 4.69) is 26.2 Å². The van der Waals surface area contributed by atoms with Gasteiger partial charge in [0.15, 0.2) is 5.17 Å². The minimum Gasteiger partial charge on any atom is -0.488 e. The molecule has 4 rings (SSSR count). The van der Waals surface area contributed by atoms with Gasteiger partial charge in [-0.25, -0.2) is 4.99 Å². The predicted molar refractivity (Wildman–Crippen MR) is 127 cm³/mol. The number of thioether (sulfide) groups is 1. The molecule has 1 aliphatic rings. The summed E-state index contributed by atoms with van der Waals surface area (Å²) in [5.41, 5.74) is 2.72. The third-order valence-corrected chi connectivity index (χ3v) is 5.98. The van der Waals surface area contributed by atoms with Gasteiger partial charge < -0.3 is 10.1 Å². The van der Waals surface area contributed by atoms with Crippen LogP contribution in [0.5, 0.6) is 5.75 Å². The maximum atomic E-state index is 12.3. The van der Waals surface area contributed by atoms with E-state index in [0.29, 0.717) is 21.7 Å². The number of benzene rings is 3. The van der Waals surface area contributed by atoms with Gasteiger partial charge in [0.25, 0.3) is 5.91 Å². The van der Waals surface area contributed by atoms with Crippen molar-refractivity contribution in [3.8, 4) is 5.75 Å². The van der Waals surface area contributed by atoms with Crippen LogP contribution < -0.4 is 10.1 Å². The van der Waals surface area contributed by atoms with Crippen molar-refractivity contribution >= 4 is 62.1 Å². The Kier molecular flexibility index (Phi) is 6.57. The monoisotopic (exact) mass is 498 g/mol. The van der Waals surface area contributed by atoms with Gasteiger partial charge in [0.05, 0.1) is 15.1 Å². The van der Waals surface area contributed by atoms with Gasteiger partial charge in [-0.05, 0) is 81.3 Å². The van der Waals surface area contributed by atoms with Crippen molar-refractivity contribution in [2.24, 2.45) is 4.99 Å². The first-order valence-electron chi connectivity index (χ1n) is 9.08. The molecule has 1 saturated heterocycles. The molecule has 0 radical (unpaired) electrons. The number of aliphatic imine (C=N–C) groups is 1. The Morgan fingerprint density at radius 3 is 2.57 bits per heavy atom. The quantitative estimate of drug-likeness (QED) is 0.404. The predicted octanol–water partition coefficient (Wildman–Crippen LogP) is 6.57. The van der Waals surface area contributed by atoms with E-state index in [1.165, 1.54) is 11.8 Å². The molecule has 0 aliphatic carbocycles. The molecule has 3 aromatic rings. The fraction of sp³-hybridized carbons (Fsp3) is 0.0435. The van der Waals surface area contributed by atoms with Crippen LogP contribution in [0.15, 0.2) is 87.2 Å². The number of nitrogens with zero attached hydrogens (tertiary/aromatic N) is 1. The highest BCUT2D eigenvalue weighted by atomic mass is 79.9. The molecular formula is C23H16BrClN2O2S. The van der Waals surface area contributed by atoms with Crippen LogP contribution in [0.25, 0.3) is 6.08 Å². The van der Waals surface area contributed by atoms with Crippen LogP contribution in [-0.2, 0) is 11.4 Å². The minimum atomic E-state index is -0.158. The Balaban J connectivity index is 1.45. The van der Waals surface area contributed by atoms with E-state index >= 15 is 0 Å². The Morgan fingerprint density at radius 2 is 1.83 bits per heavy atom. The Morgan fingerprint density at radius 1 is 1.07 bits per heavy atom. The van der Waals surface area contributed by atoms with Gasteiger partial charge in [0.2, 0.25) is 0 Å². The molecule has 0 saturated carbocycles. The molecular weight excluding hydrogens is 484 g/mol. The molecule has 4 nitrogen and oxygen atoms in total.